The molecule has 0 heterocycles. The van der Waals surface area contributed by atoms with Crippen LogP contribution in [0.3, 0.4) is 0 Å². The molecule has 0 aliphatic carbocycles. The molecule has 17 heavy (non-hydrogen) atoms. The van der Waals surface area contributed by atoms with Crippen LogP contribution in [-0.2, 0) is 4.79 Å². The van der Waals surface area contributed by atoms with Crippen LogP contribution in [0.5, 0.6) is 0 Å². The molecule has 0 saturated heterocycles. The van der Waals surface area contributed by atoms with Gasteiger partial charge in [-0.2, -0.15) is 0 Å². The summed E-state index contributed by atoms with van der Waals surface area (Å²) in [5.74, 6) is 0.715. The lowest BCUT2D eigenvalue weighted by atomic mass is 9.74. The maximum atomic E-state index is 12.5. The molecule has 3 nitrogen and oxygen atoms in total. The summed E-state index contributed by atoms with van der Waals surface area (Å²) >= 11 is 0. The third-order valence-corrected chi connectivity index (χ3v) is 3.94. The Morgan fingerprint density at radius 2 is 1.59 bits per heavy atom. The van der Waals surface area contributed by atoms with E-state index in [0.29, 0.717) is 5.92 Å². The Labute approximate surface area is 107 Å². The predicted octanol–water partition coefficient (Wildman–Crippen LogP) is 2.64. The van der Waals surface area contributed by atoms with Crippen LogP contribution in [0.4, 0.5) is 0 Å². The van der Waals surface area contributed by atoms with Gasteiger partial charge in [-0.25, -0.2) is 0 Å². The molecule has 0 radical (unpaired) electrons. The van der Waals surface area contributed by atoms with Crippen molar-refractivity contribution in [2.24, 2.45) is 17.1 Å². The first-order valence-corrected chi connectivity index (χ1v) is 6.47. The van der Waals surface area contributed by atoms with Crippen molar-refractivity contribution in [1.82, 2.24) is 4.90 Å². The highest BCUT2D eigenvalue weighted by Gasteiger charge is 2.42. The Morgan fingerprint density at radius 3 is 1.88 bits per heavy atom. The lowest BCUT2D eigenvalue weighted by Gasteiger charge is -2.41. The third-order valence-electron chi connectivity index (χ3n) is 3.94. The molecule has 0 aromatic rings. The largest absolute Gasteiger partial charge is 0.343 e. The second kappa shape index (κ2) is 5.38. The zero-order valence-electron chi connectivity index (χ0n) is 12.8. The summed E-state index contributed by atoms with van der Waals surface area (Å²) in [4.78, 5) is 14.3. The molecule has 1 amide bonds. The van der Waals surface area contributed by atoms with Crippen LogP contribution in [0, 0.1) is 11.3 Å². The molecule has 0 aromatic heterocycles. The van der Waals surface area contributed by atoms with Crippen molar-refractivity contribution in [3.05, 3.63) is 0 Å². The number of carbonyl (C=O) groups excluding carboxylic acids is 1. The van der Waals surface area contributed by atoms with E-state index in [2.05, 4.69) is 20.8 Å². The van der Waals surface area contributed by atoms with Crippen molar-refractivity contribution in [3.63, 3.8) is 0 Å². The van der Waals surface area contributed by atoms with Gasteiger partial charge in [0.2, 0.25) is 5.91 Å². The third kappa shape index (κ3) is 3.98. The first kappa shape index (κ1) is 16.4. The second-order valence-corrected chi connectivity index (χ2v) is 6.74. The van der Waals surface area contributed by atoms with E-state index < -0.39 is 11.0 Å². The molecule has 102 valence electrons. The SMILES string of the molecule is CC(C)CC(C)N(C)C(=O)C(C)(C)C(C)(C)N. The molecular formula is C14H30N2O. The molecule has 1 atom stereocenters. The quantitative estimate of drug-likeness (QED) is 0.805. The highest BCUT2D eigenvalue weighted by Crippen LogP contribution is 2.31. The van der Waals surface area contributed by atoms with Crippen molar-refractivity contribution in [1.29, 1.82) is 0 Å². The molecule has 3 heteroatoms. The minimum absolute atomic E-state index is 0.123. The van der Waals surface area contributed by atoms with Crippen LogP contribution in [0.2, 0.25) is 0 Å². The smallest absolute Gasteiger partial charge is 0.230 e. The van der Waals surface area contributed by atoms with Gasteiger partial charge in [0.1, 0.15) is 0 Å². The summed E-state index contributed by atoms with van der Waals surface area (Å²) in [7, 11) is 1.88. The first-order valence-electron chi connectivity index (χ1n) is 6.47. The molecule has 0 rings (SSSR count). The van der Waals surface area contributed by atoms with E-state index in [-0.39, 0.29) is 11.9 Å². The summed E-state index contributed by atoms with van der Waals surface area (Å²) in [6, 6.07) is 0.254. The molecule has 0 fully saturated rings. The van der Waals surface area contributed by atoms with Crippen LogP contribution in [0.25, 0.3) is 0 Å². The minimum atomic E-state index is -0.549. The summed E-state index contributed by atoms with van der Waals surface area (Å²) in [6.45, 7) is 14.1. The maximum absolute atomic E-state index is 12.5. The Kier molecular flexibility index (Phi) is 5.20. The van der Waals surface area contributed by atoms with Gasteiger partial charge in [-0.3, -0.25) is 4.79 Å². The zero-order valence-corrected chi connectivity index (χ0v) is 12.8. The summed E-state index contributed by atoms with van der Waals surface area (Å²) < 4.78 is 0. The van der Waals surface area contributed by atoms with Gasteiger partial charge in [0.05, 0.1) is 5.41 Å². The summed E-state index contributed by atoms with van der Waals surface area (Å²) in [5, 5.41) is 0. The number of rotatable bonds is 5. The molecule has 0 bridgehead atoms. The van der Waals surface area contributed by atoms with Gasteiger partial charge >= 0.3 is 0 Å². The first-order chi connectivity index (χ1) is 7.41. The fourth-order valence-electron chi connectivity index (χ4n) is 1.76. The Morgan fingerprint density at radius 1 is 1.18 bits per heavy atom. The summed E-state index contributed by atoms with van der Waals surface area (Å²) in [6.07, 6.45) is 1.02. The van der Waals surface area contributed by atoms with Crippen LogP contribution in [0.15, 0.2) is 0 Å². The number of nitrogens with two attached hydrogens (primary N) is 1. The van der Waals surface area contributed by atoms with E-state index in [1.165, 1.54) is 0 Å². The van der Waals surface area contributed by atoms with Gasteiger partial charge in [-0.1, -0.05) is 13.8 Å². The van der Waals surface area contributed by atoms with Crippen molar-refractivity contribution in [2.45, 2.75) is 66.5 Å². The van der Waals surface area contributed by atoms with Gasteiger partial charge in [-0.05, 0) is 47.0 Å². The topological polar surface area (TPSA) is 46.3 Å². The molecule has 0 aromatic carbocycles. The average Bonchev–Trinajstić information content (AvgIpc) is 2.12. The normalized spacial score (nSPS) is 14.9. The van der Waals surface area contributed by atoms with Gasteiger partial charge in [-0.15, -0.1) is 0 Å². The van der Waals surface area contributed by atoms with Crippen molar-refractivity contribution in [2.75, 3.05) is 7.05 Å². The number of carbonyl (C=O) groups is 1. The van der Waals surface area contributed by atoms with Crippen molar-refractivity contribution < 1.29 is 4.79 Å². The van der Waals surface area contributed by atoms with E-state index in [9.17, 15) is 4.79 Å². The van der Waals surface area contributed by atoms with Crippen LogP contribution < -0.4 is 5.73 Å². The average molecular weight is 242 g/mol. The standard InChI is InChI=1S/C14H30N2O/c1-10(2)9-11(3)16(8)12(17)13(4,5)14(6,7)15/h10-11H,9,15H2,1-8H3. The van der Waals surface area contributed by atoms with E-state index in [1.54, 1.807) is 0 Å². The van der Waals surface area contributed by atoms with E-state index in [4.69, 9.17) is 5.73 Å². The molecule has 2 N–H and O–H groups in total. The van der Waals surface area contributed by atoms with Crippen LogP contribution >= 0.6 is 0 Å². The van der Waals surface area contributed by atoms with Crippen LogP contribution in [-0.4, -0.2) is 29.4 Å². The molecule has 0 spiro atoms. The highest BCUT2D eigenvalue weighted by atomic mass is 16.2. The number of hydrogen-bond donors (Lipinski definition) is 1. The lowest BCUT2D eigenvalue weighted by Crippen LogP contribution is -2.57. The fraction of sp³-hybridized carbons (Fsp3) is 0.929. The molecule has 0 aliphatic heterocycles. The zero-order chi connectivity index (χ0) is 14.0. The van der Waals surface area contributed by atoms with E-state index >= 15 is 0 Å². The van der Waals surface area contributed by atoms with Crippen LogP contribution in [0.1, 0.15) is 54.9 Å². The molecule has 1 unspecified atom stereocenters. The van der Waals surface area contributed by atoms with Crippen molar-refractivity contribution >= 4 is 5.91 Å². The van der Waals surface area contributed by atoms with Gasteiger partial charge in [0.15, 0.2) is 0 Å². The Hall–Kier alpha value is -0.570. The lowest BCUT2D eigenvalue weighted by molar-refractivity contribution is -0.144. The maximum Gasteiger partial charge on any atom is 0.230 e. The van der Waals surface area contributed by atoms with Gasteiger partial charge in [0, 0.05) is 18.6 Å². The molecular weight excluding hydrogens is 212 g/mol. The molecule has 0 saturated carbocycles. The molecule has 0 aliphatic rings. The fourth-order valence-corrected chi connectivity index (χ4v) is 1.76. The number of amides is 1. The Balaban J connectivity index is 4.82. The number of hydrogen-bond acceptors (Lipinski definition) is 2. The summed E-state index contributed by atoms with van der Waals surface area (Å²) in [5.41, 5.74) is 5.04. The predicted molar refractivity (Wildman–Crippen MR) is 73.7 cm³/mol. The van der Waals surface area contributed by atoms with Gasteiger partial charge < -0.3 is 10.6 Å². The van der Waals surface area contributed by atoms with Gasteiger partial charge in [0.25, 0.3) is 0 Å². The second-order valence-electron chi connectivity index (χ2n) is 6.74. The van der Waals surface area contributed by atoms with Crippen molar-refractivity contribution in [3.8, 4) is 0 Å². The number of nitrogens with zero attached hydrogens (tertiary/aromatic N) is 1. The van der Waals surface area contributed by atoms with E-state index in [0.717, 1.165) is 6.42 Å². The highest BCUT2D eigenvalue weighted by molar-refractivity contribution is 5.83. The minimum Gasteiger partial charge on any atom is -0.343 e. The van der Waals surface area contributed by atoms with E-state index in [1.807, 2.05) is 39.6 Å². The monoisotopic (exact) mass is 242 g/mol. The Bertz CT molecular complexity index is 264.